The Morgan fingerprint density at radius 1 is 1.50 bits per heavy atom. The molecule has 1 aromatic rings. The highest BCUT2D eigenvalue weighted by atomic mass is 35.5. The number of aromatic nitrogens is 1. The average molecular weight is 240 g/mol. The number of carbonyl (C=O) groups excluding carboxylic acids is 1. The zero-order valence-electron chi connectivity index (χ0n) is 9.30. The average Bonchev–Trinajstić information content (AvgIpc) is 2.95. The van der Waals surface area contributed by atoms with Gasteiger partial charge in [-0.15, -0.1) is 0 Å². The van der Waals surface area contributed by atoms with E-state index < -0.39 is 0 Å². The molecule has 2 N–H and O–H groups in total. The van der Waals surface area contributed by atoms with E-state index in [1.807, 2.05) is 6.92 Å². The SMILES string of the molecule is CNc1cc(C(=O)NC2(C)CC2)cc(Cl)n1. The van der Waals surface area contributed by atoms with Gasteiger partial charge in [-0.2, -0.15) is 0 Å². The molecule has 4 nitrogen and oxygen atoms in total. The van der Waals surface area contributed by atoms with Crippen LogP contribution in [0.15, 0.2) is 12.1 Å². The van der Waals surface area contributed by atoms with Gasteiger partial charge >= 0.3 is 0 Å². The Morgan fingerprint density at radius 3 is 2.75 bits per heavy atom. The van der Waals surface area contributed by atoms with E-state index in [2.05, 4.69) is 15.6 Å². The summed E-state index contributed by atoms with van der Waals surface area (Å²) in [5.41, 5.74) is 0.518. The van der Waals surface area contributed by atoms with Gasteiger partial charge < -0.3 is 10.6 Å². The van der Waals surface area contributed by atoms with Crippen molar-refractivity contribution >= 4 is 23.3 Å². The van der Waals surface area contributed by atoms with Crippen LogP contribution in [0, 0.1) is 0 Å². The van der Waals surface area contributed by atoms with Crippen LogP contribution >= 0.6 is 11.6 Å². The highest BCUT2D eigenvalue weighted by Gasteiger charge is 2.38. The van der Waals surface area contributed by atoms with Gasteiger partial charge in [0.1, 0.15) is 11.0 Å². The lowest BCUT2D eigenvalue weighted by molar-refractivity contribution is 0.0935. The molecule has 1 heterocycles. The summed E-state index contributed by atoms with van der Waals surface area (Å²) in [4.78, 5) is 15.9. The van der Waals surface area contributed by atoms with Gasteiger partial charge in [-0.25, -0.2) is 4.98 Å². The molecule has 1 aliphatic rings. The number of hydrogen-bond donors (Lipinski definition) is 2. The third kappa shape index (κ3) is 2.44. The first-order valence-corrected chi connectivity index (χ1v) is 5.58. The molecule has 1 fully saturated rings. The second-order valence-electron chi connectivity index (χ2n) is 4.33. The van der Waals surface area contributed by atoms with E-state index in [9.17, 15) is 4.79 Å². The lowest BCUT2D eigenvalue weighted by Crippen LogP contribution is -2.34. The van der Waals surface area contributed by atoms with Crippen molar-refractivity contribution in [2.75, 3.05) is 12.4 Å². The highest BCUT2D eigenvalue weighted by Crippen LogP contribution is 2.34. The number of rotatable bonds is 3. The topological polar surface area (TPSA) is 54.0 Å². The van der Waals surface area contributed by atoms with Crippen LogP contribution in [0.3, 0.4) is 0 Å². The van der Waals surface area contributed by atoms with Crippen molar-refractivity contribution in [3.63, 3.8) is 0 Å². The monoisotopic (exact) mass is 239 g/mol. The quantitative estimate of drug-likeness (QED) is 0.794. The van der Waals surface area contributed by atoms with Crippen LogP contribution in [-0.2, 0) is 0 Å². The Kier molecular flexibility index (Phi) is 2.76. The van der Waals surface area contributed by atoms with Crippen LogP contribution in [-0.4, -0.2) is 23.5 Å². The van der Waals surface area contributed by atoms with Crippen molar-refractivity contribution in [2.24, 2.45) is 0 Å². The number of nitrogens with one attached hydrogen (secondary N) is 2. The summed E-state index contributed by atoms with van der Waals surface area (Å²) in [6.45, 7) is 2.03. The smallest absolute Gasteiger partial charge is 0.251 e. The van der Waals surface area contributed by atoms with Crippen LogP contribution in [0.4, 0.5) is 5.82 Å². The summed E-state index contributed by atoms with van der Waals surface area (Å²) < 4.78 is 0. The van der Waals surface area contributed by atoms with Crippen LogP contribution in [0.1, 0.15) is 30.1 Å². The molecule has 0 aliphatic heterocycles. The maximum absolute atomic E-state index is 11.9. The standard InChI is InChI=1S/C11H14ClN3O/c1-11(3-4-11)15-10(16)7-5-8(12)14-9(6-7)13-2/h5-6H,3-4H2,1-2H3,(H,13,14)(H,15,16). The van der Waals surface area contributed by atoms with Gasteiger partial charge in [0.05, 0.1) is 0 Å². The van der Waals surface area contributed by atoms with Gasteiger partial charge in [-0.3, -0.25) is 4.79 Å². The normalized spacial score (nSPS) is 16.7. The number of halogens is 1. The summed E-state index contributed by atoms with van der Waals surface area (Å²) in [6.07, 6.45) is 2.08. The molecular weight excluding hydrogens is 226 g/mol. The van der Waals surface area contributed by atoms with Crippen molar-refractivity contribution in [1.82, 2.24) is 10.3 Å². The molecule has 5 heteroatoms. The van der Waals surface area contributed by atoms with Crippen molar-refractivity contribution in [3.8, 4) is 0 Å². The third-order valence-corrected chi connectivity index (χ3v) is 2.92. The van der Waals surface area contributed by atoms with Crippen molar-refractivity contribution in [2.45, 2.75) is 25.3 Å². The molecule has 0 bridgehead atoms. The van der Waals surface area contributed by atoms with E-state index >= 15 is 0 Å². The predicted octanol–water partition coefficient (Wildman–Crippen LogP) is 2.06. The lowest BCUT2D eigenvalue weighted by atomic mass is 10.2. The van der Waals surface area contributed by atoms with Gasteiger partial charge in [-0.05, 0) is 31.9 Å². The van der Waals surface area contributed by atoms with E-state index in [0.717, 1.165) is 12.8 Å². The first-order valence-electron chi connectivity index (χ1n) is 5.20. The van der Waals surface area contributed by atoms with E-state index in [1.165, 1.54) is 0 Å². The molecular formula is C11H14ClN3O. The van der Waals surface area contributed by atoms with Gasteiger partial charge in [0.2, 0.25) is 0 Å². The second-order valence-corrected chi connectivity index (χ2v) is 4.72. The molecule has 0 spiro atoms. The number of pyridine rings is 1. The fourth-order valence-corrected chi connectivity index (χ4v) is 1.62. The molecule has 1 amide bonds. The number of hydrogen-bond acceptors (Lipinski definition) is 3. The number of nitrogens with zero attached hydrogens (tertiary/aromatic N) is 1. The van der Waals surface area contributed by atoms with E-state index in [0.29, 0.717) is 16.5 Å². The van der Waals surface area contributed by atoms with Gasteiger partial charge in [0.25, 0.3) is 5.91 Å². The number of anilines is 1. The maximum atomic E-state index is 11.9. The summed E-state index contributed by atoms with van der Waals surface area (Å²) in [5, 5.41) is 6.16. The fourth-order valence-electron chi connectivity index (χ4n) is 1.41. The molecule has 1 aliphatic carbocycles. The molecule has 0 unspecified atom stereocenters. The number of carbonyl (C=O) groups is 1. The Morgan fingerprint density at radius 2 is 2.19 bits per heavy atom. The third-order valence-electron chi connectivity index (χ3n) is 2.73. The first kappa shape index (κ1) is 11.2. The minimum Gasteiger partial charge on any atom is -0.373 e. The predicted molar refractivity (Wildman–Crippen MR) is 63.9 cm³/mol. The van der Waals surface area contributed by atoms with Crippen molar-refractivity contribution in [1.29, 1.82) is 0 Å². The Labute approximate surface area is 99.4 Å². The Hall–Kier alpha value is -1.29. The number of amides is 1. The molecule has 1 saturated carbocycles. The molecule has 0 atom stereocenters. The summed E-state index contributed by atoms with van der Waals surface area (Å²) in [7, 11) is 1.74. The molecule has 2 rings (SSSR count). The summed E-state index contributed by atoms with van der Waals surface area (Å²) >= 11 is 5.83. The molecule has 0 radical (unpaired) electrons. The largest absolute Gasteiger partial charge is 0.373 e. The molecule has 16 heavy (non-hydrogen) atoms. The maximum Gasteiger partial charge on any atom is 0.251 e. The van der Waals surface area contributed by atoms with E-state index in [-0.39, 0.29) is 11.4 Å². The zero-order valence-corrected chi connectivity index (χ0v) is 10.1. The summed E-state index contributed by atoms with van der Waals surface area (Å²) in [6, 6.07) is 3.26. The molecule has 86 valence electrons. The van der Waals surface area contributed by atoms with Crippen molar-refractivity contribution in [3.05, 3.63) is 22.8 Å². The molecule has 1 aromatic heterocycles. The Balaban J connectivity index is 2.18. The first-order chi connectivity index (χ1) is 7.52. The van der Waals surface area contributed by atoms with Crippen LogP contribution in [0.5, 0.6) is 0 Å². The van der Waals surface area contributed by atoms with E-state index in [1.54, 1.807) is 19.2 Å². The Bertz CT molecular complexity index is 429. The van der Waals surface area contributed by atoms with E-state index in [4.69, 9.17) is 11.6 Å². The lowest BCUT2D eigenvalue weighted by Gasteiger charge is -2.12. The fraction of sp³-hybridized carbons (Fsp3) is 0.455. The van der Waals surface area contributed by atoms with Gasteiger partial charge in [-0.1, -0.05) is 11.6 Å². The minimum absolute atomic E-state index is 0.0212. The van der Waals surface area contributed by atoms with Gasteiger partial charge in [0, 0.05) is 18.2 Å². The highest BCUT2D eigenvalue weighted by molar-refractivity contribution is 6.29. The van der Waals surface area contributed by atoms with Crippen LogP contribution in [0.25, 0.3) is 0 Å². The minimum atomic E-state index is -0.0965. The second kappa shape index (κ2) is 3.94. The molecule has 0 aromatic carbocycles. The molecule has 0 saturated heterocycles. The van der Waals surface area contributed by atoms with Crippen LogP contribution < -0.4 is 10.6 Å². The zero-order chi connectivity index (χ0) is 11.8. The van der Waals surface area contributed by atoms with Gasteiger partial charge in [0.15, 0.2) is 0 Å². The van der Waals surface area contributed by atoms with Crippen LogP contribution in [0.2, 0.25) is 5.15 Å². The van der Waals surface area contributed by atoms with Crippen molar-refractivity contribution < 1.29 is 4.79 Å². The summed E-state index contributed by atoms with van der Waals surface area (Å²) in [5.74, 6) is 0.499.